The van der Waals surface area contributed by atoms with Crippen molar-refractivity contribution in [1.82, 2.24) is 8.75 Å². The van der Waals surface area contributed by atoms with E-state index in [1.165, 1.54) is 33.5 Å². The number of benzene rings is 3. The first-order valence-electron chi connectivity index (χ1n) is 15.0. The van der Waals surface area contributed by atoms with Crippen LogP contribution in [0.15, 0.2) is 48.0 Å². The van der Waals surface area contributed by atoms with E-state index in [0.29, 0.717) is 33.8 Å². The molecule has 0 radical (unpaired) electrons. The third kappa shape index (κ3) is 8.98. The zero-order valence-electron chi connectivity index (χ0n) is 29.0. The van der Waals surface area contributed by atoms with Gasteiger partial charge in [-0.2, -0.15) is 8.75 Å². The van der Waals surface area contributed by atoms with Crippen LogP contribution in [0.3, 0.4) is 0 Å². The van der Waals surface area contributed by atoms with Crippen LogP contribution in [0.5, 0.6) is 34.5 Å². The van der Waals surface area contributed by atoms with Gasteiger partial charge in [0.25, 0.3) is 0 Å². The molecule has 0 saturated heterocycles. The molecule has 48 heavy (non-hydrogen) atoms. The summed E-state index contributed by atoms with van der Waals surface area (Å²) in [5, 5.41) is 13.0. The third-order valence-electron chi connectivity index (χ3n) is 6.79. The molecule has 0 amide bonds. The topological polar surface area (TPSA) is 138 Å². The predicted molar refractivity (Wildman–Crippen MR) is 177 cm³/mol. The number of nitrogens with zero attached hydrogens (tertiary/aromatic N) is 2. The van der Waals surface area contributed by atoms with Gasteiger partial charge in [-0.25, -0.2) is 0 Å². The SMILES string of the molecule is COc1cc(C(=O)C(Cc2cc(OC(C)C)c(OC(C)C)c(OC(C)C)c2)=C(C(=O)[O-])c2ccc3nsnc3c2)cc(OC)c1OC.[Na+]. The number of Topliss-reactive ketones (excluding diaryl/α,β-unsaturated/α-hetero) is 1. The van der Waals surface area contributed by atoms with Crippen molar-refractivity contribution < 1.29 is 72.7 Å². The molecule has 0 spiro atoms. The number of carbonyl (C=O) groups excluding carboxylic acids is 2. The minimum Gasteiger partial charge on any atom is -0.545 e. The minimum absolute atomic E-state index is 0. The number of carbonyl (C=O) groups is 2. The maximum absolute atomic E-state index is 14.5. The fourth-order valence-electron chi connectivity index (χ4n) is 4.99. The normalized spacial score (nSPS) is 11.7. The van der Waals surface area contributed by atoms with Crippen LogP contribution in [0.25, 0.3) is 16.6 Å². The van der Waals surface area contributed by atoms with Crippen molar-refractivity contribution in [3.05, 3.63) is 64.7 Å². The number of hydrogen-bond acceptors (Lipinski definition) is 12. The van der Waals surface area contributed by atoms with Crippen molar-refractivity contribution in [1.29, 1.82) is 0 Å². The Hall–Kier alpha value is -3.84. The summed E-state index contributed by atoms with van der Waals surface area (Å²) in [4.78, 5) is 27.5. The predicted octanol–water partition coefficient (Wildman–Crippen LogP) is 2.71. The summed E-state index contributed by atoms with van der Waals surface area (Å²) >= 11 is 1.00. The molecular weight excluding hydrogens is 647 g/mol. The third-order valence-corrected chi connectivity index (χ3v) is 7.35. The smallest absolute Gasteiger partial charge is 0.545 e. The largest absolute Gasteiger partial charge is 1.00 e. The van der Waals surface area contributed by atoms with Crippen molar-refractivity contribution >= 4 is 40.1 Å². The fraction of sp³-hybridized carbons (Fsp3) is 0.371. The number of methoxy groups -OCH3 is 3. The maximum Gasteiger partial charge on any atom is 1.00 e. The van der Waals surface area contributed by atoms with Crippen molar-refractivity contribution in [2.75, 3.05) is 21.3 Å². The van der Waals surface area contributed by atoms with Crippen LogP contribution in [0.1, 0.15) is 63.0 Å². The zero-order chi connectivity index (χ0) is 34.4. The monoisotopic (exact) mass is 686 g/mol. The Labute approximate surface area is 306 Å². The molecule has 0 unspecified atom stereocenters. The van der Waals surface area contributed by atoms with Crippen molar-refractivity contribution in [2.45, 2.75) is 66.3 Å². The Morgan fingerprint density at radius 1 is 0.688 bits per heavy atom. The fourth-order valence-corrected chi connectivity index (χ4v) is 5.51. The summed E-state index contributed by atoms with van der Waals surface area (Å²) in [6.45, 7) is 11.3. The van der Waals surface area contributed by atoms with E-state index >= 15 is 0 Å². The molecule has 0 atom stereocenters. The minimum atomic E-state index is -1.54. The standard InChI is InChI=1S/C35H40N2O9S.Na/c1-18(2)44-29-13-21(14-30(45-19(3)4)34(29)46-20(5)6)12-24(31(35(39)40)22-10-11-25-26(15-22)37-47-36-25)32(38)23-16-27(41-7)33(43-9)28(17-23)42-8;/h10-11,13-20H,12H2,1-9H3,(H,39,40);/q;+1/p-1. The van der Waals surface area contributed by atoms with Crippen molar-refractivity contribution in [3.8, 4) is 34.5 Å². The number of fused-ring (bicyclic) bond motifs is 1. The molecule has 0 bridgehead atoms. The first-order valence-corrected chi connectivity index (χ1v) is 15.8. The Morgan fingerprint density at radius 2 is 1.23 bits per heavy atom. The van der Waals surface area contributed by atoms with Crippen LogP contribution in [0.2, 0.25) is 0 Å². The number of aromatic nitrogens is 2. The van der Waals surface area contributed by atoms with Gasteiger partial charge in [-0.05, 0) is 89.1 Å². The molecule has 4 rings (SSSR count). The van der Waals surface area contributed by atoms with Gasteiger partial charge in [-0.3, -0.25) is 4.79 Å². The van der Waals surface area contributed by atoms with E-state index in [2.05, 4.69) is 8.75 Å². The van der Waals surface area contributed by atoms with E-state index in [1.54, 1.807) is 30.3 Å². The number of rotatable bonds is 15. The molecule has 250 valence electrons. The van der Waals surface area contributed by atoms with E-state index in [0.717, 1.165) is 11.7 Å². The van der Waals surface area contributed by atoms with Gasteiger partial charge in [0.15, 0.2) is 28.8 Å². The van der Waals surface area contributed by atoms with Crippen LogP contribution in [0, 0.1) is 0 Å². The summed E-state index contributed by atoms with van der Waals surface area (Å²) < 4.78 is 43.3. The quantitative estimate of drug-likeness (QED) is 0.104. The van der Waals surface area contributed by atoms with Gasteiger partial charge >= 0.3 is 29.6 Å². The molecule has 0 aliphatic carbocycles. The molecule has 4 aromatic rings. The molecule has 0 aliphatic rings. The van der Waals surface area contributed by atoms with Gasteiger partial charge in [0.05, 0.1) is 57.3 Å². The summed E-state index contributed by atoms with van der Waals surface area (Å²) in [5.74, 6) is -0.192. The average Bonchev–Trinajstić information content (AvgIpc) is 3.48. The summed E-state index contributed by atoms with van der Waals surface area (Å²) in [6.07, 6.45) is -0.780. The Kier molecular flexibility index (Phi) is 13.7. The molecular formula is C35H39N2NaO9S. The second-order valence-electron chi connectivity index (χ2n) is 11.4. The number of ketones is 1. The molecule has 0 fully saturated rings. The first kappa shape index (κ1) is 38.6. The van der Waals surface area contributed by atoms with Gasteiger partial charge < -0.3 is 38.3 Å². The average molecular weight is 687 g/mol. The summed E-state index contributed by atoms with van der Waals surface area (Å²) in [7, 11) is 4.31. The van der Waals surface area contributed by atoms with Gasteiger partial charge in [-0.15, -0.1) is 0 Å². The molecule has 0 aliphatic heterocycles. The van der Waals surface area contributed by atoms with Crippen LogP contribution < -0.4 is 63.1 Å². The number of carboxylic acid groups (broad SMARTS) is 1. The van der Waals surface area contributed by atoms with E-state index in [-0.39, 0.29) is 93.8 Å². The first-order chi connectivity index (χ1) is 22.4. The summed E-state index contributed by atoms with van der Waals surface area (Å²) in [5.41, 5.74) is 1.60. The Morgan fingerprint density at radius 3 is 1.71 bits per heavy atom. The van der Waals surface area contributed by atoms with E-state index in [1.807, 2.05) is 41.5 Å². The molecule has 13 heteroatoms. The van der Waals surface area contributed by atoms with E-state index < -0.39 is 11.8 Å². The zero-order valence-corrected chi connectivity index (χ0v) is 31.8. The molecule has 1 heterocycles. The molecule has 3 aromatic carbocycles. The van der Waals surface area contributed by atoms with Crippen LogP contribution in [0.4, 0.5) is 0 Å². The van der Waals surface area contributed by atoms with Gasteiger partial charge in [0, 0.05) is 23.1 Å². The second-order valence-corrected chi connectivity index (χ2v) is 12.0. The number of hydrogen-bond donors (Lipinski definition) is 0. The van der Waals surface area contributed by atoms with Gasteiger partial charge in [0.2, 0.25) is 11.5 Å². The van der Waals surface area contributed by atoms with Gasteiger partial charge in [-0.1, -0.05) is 6.07 Å². The number of ether oxygens (including phenoxy) is 6. The molecule has 0 saturated carbocycles. The van der Waals surface area contributed by atoms with Gasteiger partial charge in [0.1, 0.15) is 11.0 Å². The van der Waals surface area contributed by atoms with Crippen LogP contribution >= 0.6 is 11.7 Å². The summed E-state index contributed by atoms with van der Waals surface area (Å²) in [6, 6.07) is 11.2. The number of aliphatic carboxylic acids is 1. The second kappa shape index (κ2) is 17.0. The Bertz CT molecular complexity index is 1740. The van der Waals surface area contributed by atoms with Crippen LogP contribution in [-0.4, -0.2) is 60.1 Å². The number of carboxylic acids is 1. The van der Waals surface area contributed by atoms with Crippen molar-refractivity contribution in [2.24, 2.45) is 0 Å². The van der Waals surface area contributed by atoms with Crippen LogP contribution in [-0.2, 0) is 11.2 Å². The molecule has 11 nitrogen and oxygen atoms in total. The van der Waals surface area contributed by atoms with Crippen molar-refractivity contribution in [3.63, 3.8) is 0 Å². The Balaban J connectivity index is 0.00000625. The molecule has 0 N–H and O–H groups in total. The maximum atomic E-state index is 14.5. The van der Waals surface area contributed by atoms with E-state index in [4.69, 9.17) is 28.4 Å². The van der Waals surface area contributed by atoms with E-state index in [9.17, 15) is 14.7 Å². The number of allylic oxidation sites excluding steroid dienone is 1. The molecule has 1 aromatic heterocycles.